The van der Waals surface area contributed by atoms with E-state index in [1.165, 1.54) is 14.2 Å². The lowest BCUT2D eigenvalue weighted by Crippen LogP contribution is -2.23. The van der Waals surface area contributed by atoms with Gasteiger partial charge in [-0.2, -0.15) is 0 Å². The molecule has 0 aromatic heterocycles. The average Bonchev–Trinajstić information content (AvgIpc) is 2.23. The predicted molar refractivity (Wildman–Crippen MR) is 51.6 cm³/mol. The molecule has 4 nitrogen and oxygen atoms in total. The number of hydrogen-bond acceptors (Lipinski definition) is 4. The second-order valence-electron chi connectivity index (χ2n) is 2.72. The number of methoxy groups -OCH3 is 2. The minimum absolute atomic E-state index is 0.349. The van der Waals surface area contributed by atoms with E-state index in [1.807, 2.05) is 6.92 Å². The summed E-state index contributed by atoms with van der Waals surface area (Å²) in [6.07, 6.45) is 2.10. The van der Waals surface area contributed by atoms with Gasteiger partial charge in [-0.1, -0.05) is 13.0 Å². The first-order valence-electron chi connectivity index (χ1n) is 4.44. The van der Waals surface area contributed by atoms with E-state index in [1.54, 1.807) is 13.0 Å². The zero-order valence-electron chi connectivity index (χ0n) is 8.99. The highest BCUT2D eigenvalue weighted by Crippen LogP contribution is 2.17. The van der Waals surface area contributed by atoms with E-state index >= 15 is 0 Å². The molecule has 1 unspecified atom stereocenters. The summed E-state index contributed by atoms with van der Waals surface area (Å²) in [6, 6.07) is 0. The molecule has 0 bridgehead atoms. The number of ether oxygens (including phenoxy) is 2. The maximum Gasteiger partial charge on any atom is 0.334 e. The number of hydrogen-bond donors (Lipinski definition) is 0. The Morgan fingerprint density at radius 2 is 1.86 bits per heavy atom. The van der Waals surface area contributed by atoms with Crippen LogP contribution >= 0.6 is 0 Å². The van der Waals surface area contributed by atoms with Crippen LogP contribution in [-0.2, 0) is 19.1 Å². The molecule has 0 saturated carbocycles. The van der Waals surface area contributed by atoms with E-state index in [9.17, 15) is 9.59 Å². The van der Waals surface area contributed by atoms with Gasteiger partial charge in [-0.05, 0) is 13.3 Å². The highest BCUT2D eigenvalue weighted by Gasteiger charge is 2.26. The maximum absolute atomic E-state index is 11.3. The van der Waals surface area contributed by atoms with Crippen LogP contribution in [0.4, 0.5) is 0 Å². The van der Waals surface area contributed by atoms with Crippen molar-refractivity contribution in [2.75, 3.05) is 14.2 Å². The van der Waals surface area contributed by atoms with Crippen LogP contribution in [0, 0.1) is 5.92 Å². The topological polar surface area (TPSA) is 52.6 Å². The summed E-state index contributed by atoms with van der Waals surface area (Å²) in [6.45, 7) is 3.51. The van der Waals surface area contributed by atoms with Crippen LogP contribution < -0.4 is 0 Å². The Morgan fingerprint density at radius 1 is 1.29 bits per heavy atom. The van der Waals surface area contributed by atoms with Crippen molar-refractivity contribution in [3.8, 4) is 0 Å². The van der Waals surface area contributed by atoms with Crippen LogP contribution in [0.1, 0.15) is 20.3 Å². The number of allylic oxidation sites excluding steroid dienone is 1. The SMILES string of the molecule is C/C=C(\C(=O)OC)C(CC)C(=O)OC. The van der Waals surface area contributed by atoms with Gasteiger partial charge in [-0.25, -0.2) is 4.79 Å². The normalized spacial score (nSPS) is 13.3. The second-order valence-corrected chi connectivity index (χ2v) is 2.72. The monoisotopic (exact) mass is 200 g/mol. The molecule has 0 aromatic rings. The fourth-order valence-electron chi connectivity index (χ4n) is 1.23. The lowest BCUT2D eigenvalue weighted by molar-refractivity contribution is -0.147. The van der Waals surface area contributed by atoms with Crippen molar-refractivity contribution in [3.05, 3.63) is 11.6 Å². The Kier molecular flexibility index (Phi) is 5.60. The molecule has 0 saturated heterocycles. The quantitative estimate of drug-likeness (QED) is 0.507. The van der Waals surface area contributed by atoms with Gasteiger partial charge in [0, 0.05) is 5.57 Å². The molecule has 0 aromatic carbocycles. The Labute approximate surface area is 83.9 Å². The summed E-state index contributed by atoms with van der Waals surface area (Å²) in [5.74, 6) is -1.42. The second kappa shape index (κ2) is 6.18. The van der Waals surface area contributed by atoms with Gasteiger partial charge in [-0.15, -0.1) is 0 Å². The predicted octanol–water partition coefficient (Wildman–Crippen LogP) is 1.30. The molecule has 0 aliphatic carbocycles. The van der Waals surface area contributed by atoms with E-state index in [4.69, 9.17) is 0 Å². The maximum atomic E-state index is 11.3. The minimum Gasteiger partial charge on any atom is -0.469 e. The van der Waals surface area contributed by atoms with E-state index in [0.717, 1.165) is 0 Å². The molecule has 0 spiro atoms. The molecule has 80 valence electrons. The molecule has 0 rings (SSSR count). The smallest absolute Gasteiger partial charge is 0.334 e. The van der Waals surface area contributed by atoms with E-state index in [-0.39, 0.29) is 0 Å². The van der Waals surface area contributed by atoms with Crippen LogP contribution in [0.3, 0.4) is 0 Å². The lowest BCUT2D eigenvalue weighted by Gasteiger charge is -2.14. The van der Waals surface area contributed by atoms with Gasteiger partial charge in [-0.3, -0.25) is 4.79 Å². The minimum atomic E-state index is -0.530. The third-order valence-electron chi connectivity index (χ3n) is 2.00. The first kappa shape index (κ1) is 12.7. The summed E-state index contributed by atoms with van der Waals surface area (Å²) >= 11 is 0. The summed E-state index contributed by atoms with van der Waals surface area (Å²) in [7, 11) is 2.59. The van der Waals surface area contributed by atoms with Gasteiger partial charge in [0.2, 0.25) is 0 Å². The number of rotatable bonds is 4. The van der Waals surface area contributed by atoms with Crippen molar-refractivity contribution in [1.82, 2.24) is 0 Å². The fourth-order valence-corrected chi connectivity index (χ4v) is 1.23. The highest BCUT2D eigenvalue weighted by atomic mass is 16.5. The molecule has 0 aliphatic rings. The molecule has 0 heterocycles. The number of carbonyl (C=O) groups excluding carboxylic acids is 2. The Morgan fingerprint density at radius 3 is 2.14 bits per heavy atom. The molecule has 4 heteroatoms. The van der Waals surface area contributed by atoms with Crippen LogP contribution in [0.2, 0.25) is 0 Å². The summed E-state index contributed by atoms with van der Waals surface area (Å²) in [5.41, 5.74) is 0.349. The van der Waals surface area contributed by atoms with Gasteiger partial charge in [0.1, 0.15) is 0 Å². The van der Waals surface area contributed by atoms with Crippen molar-refractivity contribution < 1.29 is 19.1 Å². The number of carbonyl (C=O) groups is 2. The molecule has 0 radical (unpaired) electrons. The summed E-state index contributed by atoms with van der Waals surface area (Å²) in [4.78, 5) is 22.6. The van der Waals surface area contributed by atoms with Gasteiger partial charge >= 0.3 is 11.9 Å². The van der Waals surface area contributed by atoms with E-state index in [2.05, 4.69) is 9.47 Å². The molecule has 14 heavy (non-hydrogen) atoms. The van der Waals surface area contributed by atoms with Crippen LogP contribution in [0.5, 0.6) is 0 Å². The fraction of sp³-hybridized carbons (Fsp3) is 0.600. The largest absolute Gasteiger partial charge is 0.469 e. The Hall–Kier alpha value is -1.32. The summed E-state index contributed by atoms with van der Waals surface area (Å²) in [5, 5.41) is 0. The zero-order valence-corrected chi connectivity index (χ0v) is 8.99. The summed E-state index contributed by atoms with van der Waals surface area (Å²) < 4.78 is 9.16. The van der Waals surface area contributed by atoms with Crippen molar-refractivity contribution in [1.29, 1.82) is 0 Å². The van der Waals surface area contributed by atoms with Gasteiger partial charge < -0.3 is 9.47 Å². The zero-order chi connectivity index (χ0) is 11.1. The lowest BCUT2D eigenvalue weighted by atomic mass is 9.96. The van der Waals surface area contributed by atoms with E-state index < -0.39 is 17.9 Å². The average molecular weight is 200 g/mol. The first-order chi connectivity index (χ1) is 6.62. The van der Waals surface area contributed by atoms with Crippen molar-refractivity contribution in [3.63, 3.8) is 0 Å². The van der Waals surface area contributed by atoms with Gasteiger partial charge in [0.25, 0.3) is 0 Å². The van der Waals surface area contributed by atoms with Crippen LogP contribution in [0.25, 0.3) is 0 Å². The number of esters is 2. The van der Waals surface area contributed by atoms with Crippen LogP contribution in [0.15, 0.2) is 11.6 Å². The molecule has 0 amide bonds. The third kappa shape index (κ3) is 2.87. The Balaban J connectivity index is 4.81. The molecule has 0 N–H and O–H groups in total. The molecular weight excluding hydrogens is 184 g/mol. The van der Waals surface area contributed by atoms with Crippen LogP contribution in [-0.4, -0.2) is 26.2 Å². The van der Waals surface area contributed by atoms with E-state index in [0.29, 0.717) is 12.0 Å². The van der Waals surface area contributed by atoms with Gasteiger partial charge in [0.15, 0.2) is 0 Å². The third-order valence-corrected chi connectivity index (χ3v) is 2.00. The Bertz CT molecular complexity index is 243. The molecule has 1 atom stereocenters. The van der Waals surface area contributed by atoms with Crippen molar-refractivity contribution in [2.24, 2.45) is 5.92 Å². The van der Waals surface area contributed by atoms with Crippen molar-refractivity contribution in [2.45, 2.75) is 20.3 Å². The standard InChI is InChI=1S/C10H16O4/c1-5-7(9(11)13-3)8(6-2)10(12)14-4/h5,8H,6H2,1-4H3/b7-5-. The van der Waals surface area contributed by atoms with Gasteiger partial charge in [0.05, 0.1) is 20.1 Å². The van der Waals surface area contributed by atoms with Crippen molar-refractivity contribution >= 4 is 11.9 Å². The molecule has 0 aliphatic heterocycles. The highest BCUT2D eigenvalue weighted by molar-refractivity contribution is 5.95. The first-order valence-corrected chi connectivity index (χ1v) is 4.44. The molecule has 0 fully saturated rings. The molecular formula is C10H16O4.